The molecule has 1 aliphatic carbocycles. The number of fused-ring (bicyclic) bond motifs is 2. The first kappa shape index (κ1) is 16.5. The summed E-state index contributed by atoms with van der Waals surface area (Å²) in [6.45, 7) is 3.19. The molecule has 1 nitrogen and oxygen atoms in total. The summed E-state index contributed by atoms with van der Waals surface area (Å²) in [5, 5.41) is 3.22. The van der Waals surface area contributed by atoms with Crippen molar-refractivity contribution in [2.75, 3.05) is 13.6 Å². The minimum absolute atomic E-state index is 0. The van der Waals surface area contributed by atoms with Crippen LogP contribution < -0.4 is 5.32 Å². The number of rotatable bonds is 3. The van der Waals surface area contributed by atoms with Crippen LogP contribution in [0.4, 0.5) is 0 Å². The van der Waals surface area contributed by atoms with E-state index in [0.29, 0.717) is 0 Å². The van der Waals surface area contributed by atoms with Crippen molar-refractivity contribution in [2.45, 2.75) is 13.3 Å². The highest BCUT2D eigenvalue weighted by atomic mass is 35.5. The van der Waals surface area contributed by atoms with Crippen molar-refractivity contribution in [2.24, 2.45) is 0 Å². The van der Waals surface area contributed by atoms with Gasteiger partial charge in [0, 0.05) is 0 Å². The molecule has 2 heteroatoms. The maximum atomic E-state index is 3.22. The number of hydrogen-bond donors (Lipinski definition) is 1. The maximum absolute atomic E-state index is 3.22. The van der Waals surface area contributed by atoms with Crippen molar-refractivity contribution in [3.8, 4) is 0 Å². The molecule has 0 aromatic heterocycles. The Morgan fingerprint density at radius 2 is 1.73 bits per heavy atom. The summed E-state index contributed by atoms with van der Waals surface area (Å²) in [6.07, 6.45) is 7.89. The molecule has 22 heavy (non-hydrogen) atoms. The van der Waals surface area contributed by atoms with Crippen molar-refractivity contribution in [3.63, 3.8) is 0 Å². The molecule has 0 unspecified atom stereocenters. The van der Waals surface area contributed by atoms with Gasteiger partial charge >= 0.3 is 0 Å². The van der Waals surface area contributed by atoms with Crippen LogP contribution in [0.1, 0.15) is 34.2 Å². The summed E-state index contributed by atoms with van der Waals surface area (Å²) >= 11 is 0. The summed E-state index contributed by atoms with van der Waals surface area (Å²) in [6, 6.07) is 15.2. The SMILES string of the molecule is CNCC/C=C1/c2ccccc2C=Cc2c(C)cccc21.Cl. The summed E-state index contributed by atoms with van der Waals surface area (Å²) in [7, 11) is 2.00. The highest BCUT2D eigenvalue weighted by Crippen LogP contribution is 2.35. The van der Waals surface area contributed by atoms with Crippen molar-refractivity contribution >= 4 is 30.1 Å². The summed E-state index contributed by atoms with van der Waals surface area (Å²) in [4.78, 5) is 0. The van der Waals surface area contributed by atoms with Gasteiger partial charge in [0.2, 0.25) is 0 Å². The predicted molar refractivity (Wildman–Crippen MR) is 99.4 cm³/mol. The van der Waals surface area contributed by atoms with Crippen molar-refractivity contribution in [3.05, 3.63) is 76.4 Å². The van der Waals surface area contributed by atoms with E-state index in [4.69, 9.17) is 0 Å². The molecule has 0 atom stereocenters. The highest BCUT2D eigenvalue weighted by Gasteiger charge is 2.15. The molecule has 114 valence electrons. The molecule has 2 aromatic carbocycles. The van der Waals surface area contributed by atoms with E-state index in [1.54, 1.807) is 0 Å². The molecular weight excluding hydrogens is 290 g/mol. The molecule has 3 rings (SSSR count). The van der Waals surface area contributed by atoms with Crippen LogP contribution in [-0.2, 0) is 0 Å². The van der Waals surface area contributed by atoms with E-state index in [1.165, 1.54) is 33.4 Å². The third-order valence-corrected chi connectivity index (χ3v) is 4.04. The van der Waals surface area contributed by atoms with Gasteiger partial charge in [0.05, 0.1) is 0 Å². The van der Waals surface area contributed by atoms with Crippen molar-refractivity contribution in [1.29, 1.82) is 0 Å². The van der Waals surface area contributed by atoms with Gasteiger partial charge in [-0.1, -0.05) is 60.7 Å². The first-order valence-corrected chi connectivity index (χ1v) is 7.53. The fourth-order valence-electron chi connectivity index (χ4n) is 2.92. The standard InChI is InChI=1S/C20H21N.ClH/c1-15-7-5-10-19-17(15)13-12-16-8-3-4-9-18(16)20(19)11-6-14-21-2;/h3-5,7-13,21H,6,14H2,1-2H3;1H/b20-11-;. The molecule has 2 aromatic rings. The van der Waals surface area contributed by atoms with Gasteiger partial charge in [-0.3, -0.25) is 0 Å². The Hall–Kier alpha value is -1.83. The monoisotopic (exact) mass is 311 g/mol. The van der Waals surface area contributed by atoms with Crippen LogP contribution >= 0.6 is 12.4 Å². The first-order chi connectivity index (χ1) is 10.3. The van der Waals surface area contributed by atoms with Gasteiger partial charge in [0.1, 0.15) is 0 Å². The van der Waals surface area contributed by atoms with Gasteiger partial charge in [-0.25, -0.2) is 0 Å². The van der Waals surface area contributed by atoms with Gasteiger partial charge < -0.3 is 5.32 Å². The second-order valence-corrected chi connectivity index (χ2v) is 5.47. The number of halogens is 1. The Bertz CT molecular complexity index is 713. The average molecular weight is 312 g/mol. The summed E-state index contributed by atoms with van der Waals surface area (Å²) < 4.78 is 0. The Balaban J connectivity index is 0.00000176. The summed E-state index contributed by atoms with van der Waals surface area (Å²) in [5.41, 5.74) is 7.98. The van der Waals surface area contributed by atoms with Crippen LogP contribution in [0, 0.1) is 6.92 Å². The maximum Gasteiger partial charge on any atom is -0.00169 e. The van der Waals surface area contributed by atoms with E-state index < -0.39 is 0 Å². The molecule has 0 saturated heterocycles. The van der Waals surface area contributed by atoms with Gasteiger partial charge in [-0.15, -0.1) is 12.4 Å². The van der Waals surface area contributed by atoms with E-state index in [-0.39, 0.29) is 12.4 Å². The molecule has 0 bridgehead atoms. The van der Waals surface area contributed by atoms with Crippen molar-refractivity contribution in [1.82, 2.24) is 5.32 Å². The van der Waals surface area contributed by atoms with Gasteiger partial charge in [0.15, 0.2) is 0 Å². The van der Waals surface area contributed by atoms with Crippen LogP contribution in [0.5, 0.6) is 0 Å². The number of aryl methyl sites for hydroxylation is 1. The number of hydrogen-bond acceptors (Lipinski definition) is 1. The minimum Gasteiger partial charge on any atom is -0.319 e. The van der Waals surface area contributed by atoms with Gasteiger partial charge in [0.25, 0.3) is 0 Å². The minimum atomic E-state index is 0. The topological polar surface area (TPSA) is 12.0 Å². The van der Waals surface area contributed by atoms with Crippen molar-refractivity contribution < 1.29 is 0 Å². The van der Waals surface area contributed by atoms with E-state index in [9.17, 15) is 0 Å². The molecule has 0 spiro atoms. The lowest BCUT2D eigenvalue weighted by atomic mass is 9.91. The second kappa shape index (κ2) is 7.44. The predicted octanol–water partition coefficient (Wildman–Crippen LogP) is 4.94. The summed E-state index contributed by atoms with van der Waals surface area (Å²) in [5.74, 6) is 0. The average Bonchev–Trinajstić information content (AvgIpc) is 2.66. The molecule has 1 aliphatic rings. The zero-order chi connectivity index (χ0) is 14.7. The normalized spacial score (nSPS) is 14.0. The third kappa shape index (κ3) is 3.16. The van der Waals surface area contributed by atoms with E-state index >= 15 is 0 Å². The third-order valence-electron chi connectivity index (χ3n) is 4.04. The van der Waals surface area contributed by atoms with Crippen LogP contribution in [0.15, 0.2) is 48.5 Å². The zero-order valence-electron chi connectivity index (χ0n) is 13.1. The van der Waals surface area contributed by atoms with Gasteiger partial charge in [-0.2, -0.15) is 0 Å². The van der Waals surface area contributed by atoms with E-state index in [2.05, 4.69) is 72.9 Å². The lowest BCUT2D eigenvalue weighted by Crippen LogP contribution is -2.06. The fraction of sp³-hybridized carbons (Fsp3) is 0.200. The Kier molecular flexibility index (Phi) is 5.59. The molecule has 0 fully saturated rings. The highest BCUT2D eigenvalue weighted by molar-refractivity contribution is 5.94. The lowest BCUT2D eigenvalue weighted by molar-refractivity contribution is 0.808. The Morgan fingerprint density at radius 1 is 0.955 bits per heavy atom. The zero-order valence-corrected chi connectivity index (χ0v) is 13.9. The molecule has 0 saturated carbocycles. The fourth-order valence-corrected chi connectivity index (χ4v) is 2.92. The Labute approximate surface area is 139 Å². The quantitative estimate of drug-likeness (QED) is 0.675. The molecule has 1 N–H and O–H groups in total. The molecule has 0 aliphatic heterocycles. The molecular formula is C20H22ClN. The first-order valence-electron chi connectivity index (χ1n) is 7.53. The van der Waals surface area contributed by atoms with Crippen LogP contribution in [-0.4, -0.2) is 13.6 Å². The van der Waals surface area contributed by atoms with E-state index in [1.807, 2.05) is 7.05 Å². The van der Waals surface area contributed by atoms with Crippen LogP contribution in [0.25, 0.3) is 17.7 Å². The second-order valence-electron chi connectivity index (χ2n) is 5.47. The molecule has 0 radical (unpaired) electrons. The number of nitrogens with one attached hydrogen (secondary N) is 1. The van der Waals surface area contributed by atoms with Crippen LogP contribution in [0.2, 0.25) is 0 Å². The number of benzene rings is 2. The van der Waals surface area contributed by atoms with E-state index in [0.717, 1.165) is 13.0 Å². The Morgan fingerprint density at radius 3 is 2.55 bits per heavy atom. The largest absolute Gasteiger partial charge is 0.319 e. The van der Waals surface area contributed by atoms with Gasteiger partial charge in [-0.05, 0) is 60.3 Å². The smallest absolute Gasteiger partial charge is 0.00169 e. The van der Waals surface area contributed by atoms with Crippen LogP contribution in [0.3, 0.4) is 0 Å². The molecule has 0 heterocycles. The molecule has 0 amide bonds. The lowest BCUT2D eigenvalue weighted by Gasteiger charge is -2.13.